The second kappa shape index (κ2) is 6.71. The lowest BCUT2D eigenvalue weighted by atomic mass is 9.88. The van der Waals surface area contributed by atoms with E-state index in [1.54, 1.807) is 6.07 Å². The monoisotopic (exact) mass is 262 g/mol. The largest absolute Gasteiger partial charge is 0.465 e. The minimum absolute atomic E-state index is 0.295. The zero-order valence-electron chi connectivity index (χ0n) is 11.7. The molecule has 1 fully saturated rings. The second-order valence-corrected chi connectivity index (χ2v) is 5.26. The Kier molecular flexibility index (Phi) is 4.97. The molecule has 1 aliphatic rings. The van der Waals surface area contributed by atoms with Crippen LogP contribution in [-0.4, -0.2) is 19.2 Å². The Labute approximate surface area is 114 Å². The predicted molar refractivity (Wildman–Crippen MR) is 74.0 cm³/mol. The highest BCUT2D eigenvalue weighted by Crippen LogP contribution is 2.27. The maximum Gasteiger partial charge on any atom is 0.338 e. The third-order valence-electron chi connectivity index (χ3n) is 3.91. The molecule has 2 rings (SSSR count). The summed E-state index contributed by atoms with van der Waals surface area (Å²) in [4.78, 5) is 11.7. The van der Waals surface area contributed by atoms with Crippen LogP contribution in [0.4, 0.5) is 0 Å². The number of ether oxygens (including phenoxy) is 2. The van der Waals surface area contributed by atoms with E-state index in [9.17, 15) is 4.79 Å². The Bertz CT molecular complexity index is 428. The second-order valence-electron chi connectivity index (χ2n) is 5.26. The van der Waals surface area contributed by atoms with Crippen molar-refractivity contribution in [1.29, 1.82) is 0 Å². The number of rotatable bonds is 4. The Balaban J connectivity index is 2.01. The van der Waals surface area contributed by atoms with E-state index in [0.29, 0.717) is 24.2 Å². The first-order chi connectivity index (χ1) is 9.22. The average molecular weight is 262 g/mol. The molecule has 0 aliphatic heterocycles. The van der Waals surface area contributed by atoms with Gasteiger partial charge in [-0.3, -0.25) is 0 Å². The van der Waals surface area contributed by atoms with Crippen molar-refractivity contribution in [3.63, 3.8) is 0 Å². The average Bonchev–Trinajstić information content (AvgIpc) is 2.46. The van der Waals surface area contributed by atoms with E-state index < -0.39 is 0 Å². The van der Waals surface area contributed by atoms with Crippen molar-refractivity contribution in [2.24, 2.45) is 5.92 Å². The summed E-state index contributed by atoms with van der Waals surface area (Å²) in [6.45, 7) is 2.73. The number of hydrogen-bond donors (Lipinski definition) is 0. The molecular weight excluding hydrogens is 240 g/mol. The van der Waals surface area contributed by atoms with Crippen LogP contribution in [0.1, 0.15) is 48.5 Å². The number of esters is 1. The van der Waals surface area contributed by atoms with Crippen LogP contribution >= 0.6 is 0 Å². The minimum atomic E-state index is -0.295. The van der Waals surface area contributed by atoms with E-state index in [0.717, 1.165) is 12.0 Å². The van der Waals surface area contributed by atoms with Crippen LogP contribution in [-0.2, 0) is 16.1 Å². The quantitative estimate of drug-likeness (QED) is 0.778. The summed E-state index contributed by atoms with van der Waals surface area (Å²) < 4.78 is 10.8. The number of methoxy groups -OCH3 is 1. The molecule has 1 aromatic carbocycles. The molecule has 0 amide bonds. The van der Waals surface area contributed by atoms with Crippen LogP contribution in [0, 0.1) is 5.92 Å². The van der Waals surface area contributed by atoms with E-state index in [4.69, 9.17) is 9.47 Å². The molecule has 1 saturated carbocycles. The van der Waals surface area contributed by atoms with Crippen molar-refractivity contribution in [2.45, 2.75) is 45.3 Å². The normalized spacial score (nSPS) is 23.1. The lowest BCUT2D eigenvalue weighted by Gasteiger charge is -2.29. The summed E-state index contributed by atoms with van der Waals surface area (Å²) in [5.74, 6) is 0.315. The highest BCUT2D eigenvalue weighted by molar-refractivity contribution is 5.90. The molecule has 104 valence electrons. The molecule has 2 atom stereocenters. The third kappa shape index (κ3) is 3.57. The van der Waals surface area contributed by atoms with E-state index in [1.807, 2.05) is 18.2 Å². The molecule has 1 aliphatic carbocycles. The lowest BCUT2D eigenvalue weighted by molar-refractivity contribution is -0.0158. The molecule has 19 heavy (non-hydrogen) atoms. The summed E-state index contributed by atoms with van der Waals surface area (Å²) in [5, 5.41) is 0. The van der Waals surface area contributed by atoms with Gasteiger partial charge in [-0.05, 0) is 30.4 Å². The summed E-state index contributed by atoms with van der Waals surface area (Å²) in [7, 11) is 1.41. The zero-order valence-corrected chi connectivity index (χ0v) is 11.7. The summed E-state index contributed by atoms with van der Waals surface area (Å²) in [5.41, 5.74) is 1.51. The third-order valence-corrected chi connectivity index (χ3v) is 3.91. The van der Waals surface area contributed by atoms with E-state index in [2.05, 4.69) is 6.92 Å². The molecular formula is C16H22O3. The smallest absolute Gasteiger partial charge is 0.338 e. The summed E-state index contributed by atoms with van der Waals surface area (Å²) in [6, 6.07) is 7.49. The van der Waals surface area contributed by atoms with Crippen molar-refractivity contribution >= 4 is 5.97 Å². The van der Waals surface area contributed by atoms with Crippen molar-refractivity contribution in [1.82, 2.24) is 0 Å². The molecule has 3 nitrogen and oxygen atoms in total. The number of carbonyl (C=O) groups is 1. The van der Waals surface area contributed by atoms with E-state index in [-0.39, 0.29) is 5.97 Å². The summed E-state index contributed by atoms with van der Waals surface area (Å²) in [6.07, 6.45) is 5.23. The topological polar surface area (TPSA) is 35.5 Å². The fraction of sp³-hybridized carbons (Fsp3) is 0.562. The van der Waals surface area contributed by atoms with E-state index in [1.165, 1.54) is 26.4 Å². The van der Waals surface area contributed by atoms with Crippen molar-refractivity contribution in [2.75, 3.05) is 7.11 Å². The van der Waals surface area contributed by atoms with Crippen LogP contribution in [0.3, 0.4) is 0 Å². The van der Waals surface area contributed by atoms with Gasteiger partial charge in [-0.25, -0.2) is 4.79 Å². The van der Waals surface area contributed by atoms with Gasteiger partial charge < -0.3 is 9.47 Å². The lowest BCUT2D eigenvalue weighted by Crippen LogP contribution is -2.25. The standard InChI is InChI=1S/C16H22O3/c1-12-7-3-6-10-15(12)19-11-13-8-4-5-9-14(13)16(17)18-2/h4-5,8-9,12,15H,3,6-7,10-11H2,1-2H3. The van der Waals surface area contributed by atoms with Gasteiger partial charge in [0, 0.05) is 0 Å². The Morgan fingerprint density at radius 1 is 1.26 bits per heavy atom. The Hall–Kier alpha value is -1.35. The molecule has 0 spiro atoms. The predicted octanol–water partition coefficient (Wildman–Crippen LogP) is 3.57. The van der Waals surface area contributed by atoms with Gasteiger partial charge in [0.25, 0.3) is 0 Å². The van der Waals surface area contributed by atoms with Crippen LogP contribution in [0.5, 0.6) is 0 Å². The minimum Gasteiger partial charge on any atom is -0.465 e. The number of carbonyl (C=O) groups excluding carboxylic acids is 1. The van der Waals surface area contributed by atoms with Gasteiger partial charge >= 0.3 is 5.97 Å². The van der Waals surface area contributed by atoms with Crippen molar-refractivity contribution in [3.8, 4) is 0 Å². The van der Waals surface area contributed by atoms with Gasteiger partial charge in [0.1, 0.15) is 0 Å². The molecule has 1 aromatic rings. The van der Waals surface area contributed by atoms with Crippen molar-refractivity contribution < 1.29 is 14.3 Å². The zero-order chi connectivity index (χ0) is 13.7. The molecule has 0 saturated heterocycles. The molecule has 2 unspecified atom stereocenters. The molecule has 0 heterocycles. The van der Waals surface area contributed by atoms with E-state index >= 15 is 0 Å². The highest BCUT2D eigenvalue weighted by Gasteiger charge is 2.22. The molecule has 0 bridgehead atoms. The van der Waals surface area contributed by atoms with Crippen LogP contribution < -0.4 is 0 Å². The fourth-order valence-electron chi connectivity index (χ4n) is 2.68. The molecule has 0 radical (unpaired) electrons. The first-order valence-electron chi connectivity index (χ1n) is 7.00. The van der Waals surface area contributed by atoms with Crippen LogP contribution in [0.15, 0.2) is 24.3 Å². The van der Waals surface area contributed by atoms with Gasteiger partial charge in [0.15, 0.2) is 0 Å². The molecule has 0 N–H and O–H groups in total. The fourth-order valence-corrected chi connectivity index (χ4v) is 2.68. The summed E-state index contributed by atoms with van der Waals surface area (Å²) >= 11 is 0. The highest BCUT2D eigenvalue weighted by atomic mass is 16.5. The van der Waals surface area contributed by atoms with Gasteiger partial charge in [-0.15, -0.1) is 0 Å². The Morgan fingerprint density at radius 2 is 2.00 bits per heavy atom. The van der Waals surface area contributed by atoms with Gasteiger partial charge in [0.05, 0.1) is 25.4 Å². The SMILES string of the molecule is COC(=O)c1ccccc1COC1CCCCC1C. The van der Waals surface area contributed by atoms with Crippen LogP contribution in [0.2, 0.25) is 0 Å². The van der Waals surface area contributed by atoms with Gasteiger partial charge in [0.2, 0.25) is 0 Å². The first kappa shape index (κ1) is 14.1. The van der Waals surface area contributed by atoms with Gasteiger partial charge in [-0.1, -0.05) is 38.0 Å². The van der Waals surface area contributed by atoms with Crippen LogP contribution in [0.25, 0.3) is 0 Å². The molecule has 3 heteroatoms. The first-order valence-corrected chi connectivity index (χ1v) is 7.00. The van der Waals surface area contributed by atoms with Crippen molar-refractivity contribution in [3.05, 3.63) is 35.4 Å². The maximum atomic E-state index is 11.7. The number of hydrogen-bond acceptors (Lipinski definition) is 3. The Morgan fingerprint density at radius 3 is 2.74 bits per heavy atom. The maximum absolute atomic E-state index is 11.7. The van der Waals surface area contributed by atoms with Gasteiger partial charge in [-0.2, -0.15) is 0 Å². The number of benzene rings is 1. The molecule has 0 aromatic heterocycles.